The van der Waals surface area contributed by atoms with Crippen LogP contribution in [0, 0.1) is 11.7 Å². The fourth-order valence-electron chi connectivity index (χ4n) is 2.49. The highest BCUT2D eigenvalue weighted by Gasteiger charge is 2.19. The molecule has 3 N–H and O–H groups in total. The number of anilines is 2. The lowest BCUT2D eigenvalue weighted by molar-refractivity contribution is 0.301. The average molecular weight is 281 g/mol. The Hall–Kier alpha value is -1.49. The van der Waals surface area contributed by atoms with E-state index in [1.165, 1.54) is 12.5 Å². The van der Waals surface area contributed by atoms with Crippen molar-refractivity contribution in [2.75, 3.05) is 44.3 Å². The molecule has 0 amide bonds. The molecule has 1 aliphatic heterocycles. The summed E-state index contributed by atoms with van der Waals surface area (Å²) in [6.45, 7) is 5.58. The second-order valence-electron chi connectivity index (χ2n) is 5.52. The molecule has 1 saturated heterocycles. The van der Waals surface area contributed by atoms with Crippen molar-refractivity contribution in [1.82, 2.24) is 4.90 Å². The fraction of sp³-hybridized carbons (Fsp3) is 0.600. The first-order valence-electron chi connectivity index (χ1n) is 7.24. The molecule has 5 heteroatoms. The van der Waals surface area contributed by atoms with Gasteiger partial charge in [0.2, 0.25) is 0 Å². The van der Waals surface area contributed by atoms with Crippen LogP contribution in [0.25, 0.3) is 0 Å². The highest BCUT2D eigenvalue weighted by Crippen LogP contribution is 2.29. The molecular formula is C15H24FN3O. The summed E-state index contributed by atoms with van der Waals surface area (Å²) in [5.41, 5.74) is 7.05. The molecule has 1 unspecified atom stereocenters. The van der Waals surface area contributed by atoms with Crippen LogP contribution in [0.4, 0.5) is 15.8 Å². The Morgan fingerprint density at radius 3 is 2.95 bits per heavy atom. The molecule has 2 rings (SSSR count). The lowest BCUT2D eigenvalue weighted by atomic mass is 10.1. The predicted molar refractivity (Wildman–Crippen MR) is 80.7 cm³/mol. The van der Waals surface area contributed by atoms with Crippen LogP contribution < -0.4 is 15.8 Å². The maximum absolute atomic E-state index is 13.7. The molecular weight excluding hydrogens is 257 g/mol. The van der Waals surface area contributed by atoms with Crippen molar-refractivity contribution in [3.63, 3.8) is 0 Å². The Morgan fingerprint density at radius 2 is 2.30 bits per heavy atom. The number of nitrogens with one attached hydrogen (secondary N) is 1. The number of nitrogens with zero attached hydrogens (tertiary/aromatic N) is 1. The maximum Gasteiger partial charge on any atom is 0.167 e. The topological polar surface area (TPSA) is 50.5 Å². The van der Waals surface area contributed by atoms with E-state index in [1.54, 1.807) is 6.07 Å². The first-order chi connectivity index (χ1) is 9.60. The van der Waals surface area contributed by atoms with Gasteiger partial charge in [-0.15, -0.1) is 0 Å². The van der Waals surface area contributed by atoms with E-state index in [0.717, 1.165) is 31.7 Å². The van der Waals surface area contributed by atoms with E-state index in [-0.39, 0.29) is 5.75 Å². The smallest absolute Gasteiger partial charge is 0.167 e. The van der Waals surface area contributed by atoms with Crippen molar-refractivity contribution >= 4 is 11.4 Å². The molecule has 1 heterocycles. The molecule has 20 heavy (non-hydrogen) atoms. The quantitative estimate of drug-likeness (QED) is 0.787. The van der Waals surface area contributed by atoms with E-state index in [4.69, 9.17) is 10.5 Å². The third-order valence-electron chi connectivity index (χ3n) is 3.64. The number of ether oxygens (including phenoxy) is 1. The zero-order chi connectivity index (χ0) is 14.5. The van der Waals surface area contributed by atoms with E-state index >= 15 is 0 Å². The molecule has 4 nitrogen and oxygen atoms in total. The zero-order valence-corrected chi connectivity index (χ0v) is 12.3. The SMILES string of the molecule is CCCOc1cc(NCC2CCN(C)C2)c(N)cc1F. The number of hydrogen-bond acceptors (Lipinski definition) is 4. The third kappa shape index (κ3) is 3.76. The van der Waals surface area contributed by atoms with Gasteiger partial charge in [0.1, 0.15) is 0 Å². The van der Waals surface area contributed by atoms with Gasteiger partial charge < -0.3 is 20.7 Å². The highest BCUT2D eigenvalue weighted by atomic mass is 19.1. The summed E-state index contributed by atoms with van der Waals surface area (Å²) < 4.78 is 19.1. The van der Waals surface area contributed by atoms with E-state index in [0.29, 0.717) is 18.2 Å². The van der Waals surface area contributed by atoms with Crippen molar-refractivity contribution in [3.05, 3.63) is 17.9 Å². The minimum absolute atomic E-state index is 0.270. The second kappa shape index (κ2) is 6.79. The van der Waals surface area contributed by atoms with E-state index in [2.05, 4.69) is 17.3 Å². The van der Waals surface area contributed by atoms with Crippen molar-refractivity contribution in [3.8, 4) is 5.75 Å². The Bertz CT molecular complexity index is 453. The van der Waals surface area contributed by atoms with Crippen LogP contribution in [0.15, 0.2) is 12.1 Å². The van der Waals surface area contributed by atoms with Gasteiger partial charge in [0.05, 0.1) is 18.0 Å². The molecule has 0 saturated carbocycles. The highest BCUT2D eigenvalue weighted by molar-refractivity contribution is 5.68. The van der Waals surface area contributed by atoms with Crippen LogP contribution in [-0.2, 0) is 0 Å². The number of nitrogen functional groups attached to an aromatic ring is 1. The molecule has 112 valence electrons. The molecule has 0 aliphatic carbocycles. The first kappa shape index (κ1) is 14.9. The molecule has 0 radical (unpaired) electrons. The van der Waals surface area contributed by atoms with Crippen molar-refractivity contribution in [1.29, 1.82) is 0 Å². The molecule has 0 aromatic heterocycles. The number of hydrogen-bond donors (Lipinski definition) is 2. The van der Waals surface area contributed by atoms with Crippen LogP contribution >= 0.6 is 0 Å². The van der Waals surface area contributed by atoms with E-state index in [1.807, 2.05) is 6.92 Å². The summed E-state index contributed by atoms with van der Waals surface area (Å²) in [6.07, 6.45) is 2.03. The van der Waals surface area contributed by atoms with Crippen LogP contribution in [0.2, 0.25) is 0 Å². The summed E-state index contributed by atoms with van der Waals surface area (Å²) >= 11 is 0. The maximum atomic E-state index is 13.7. The van der Waals surface area contributed by atoms with Crippen LogP contribution in [0.5, 0.6) is 5.75 Å². The Kier molecular flexibility index (Phi) is 5.06. The molecule has 0 bridgehead atoms. The molecule has 1 aromatic carbocycles. The third-order valence-corrected chi connectivity index (χ3v) is 3.64. The van der Waals surface area contributed by atoms with Gasteiger partial charge >= 0.3 is 0 Å². The number of benzene rings is 1. The second-order valence-corrected chi connectivity index (χ2v) is 5.52. The van der Waals surface area contributed by atoms with Gasteiger partial charge in [0.25, 0.3) is 0 Å². The standard InChI is InChI=1S/C15H24FN3O/c1-3-6-20-15-8-14(13(17)7-12(15)16)18-9-11-4-5-19(2)10-11/h7-8,11,18H,3-6,9-10,17H2,1-2H3. The molecule has 0 spiro atoms. The van der Waals surface area contributed by atoms with Crippen LogP contribution in [0.1, 0.15) is 19.8 Å². The summed E-state index contributed by atoms with van der Waals surface area (Å²) in [4.78, 5) is 2.32. The average Bonchev–Trinajstić information content (AvgIpc) is 2.82. The molecule has 1 fully saturated rings. The monoisotopic (exact) mass is 281 g/mol. The van der Waals surface area contributed by atoms with E-state index in [9.17, 15) is 4.39 Å². The Balaban J connectivity index is 1.99. The summed E-state index contributed by atoms with van der Waals surface area (Å²) in [7, 11) is 2.13. The van der Waals surface area contributed by atoms with Gasteiger partial charge in [-0.3, -0.25) is 0 Å². The first-order valence-corrected chi connectivity index (χ1v) is 7.24. The molecule has 1 atom stereocenters. The van der Waals surface area contributed by atoms with Crippen molar-refractivity contribution < 1.29 is 9.13 Å². The van der Waals surface area contributed by atoms with Gasteiger partial charge in [-0.2, -0.15) is 0 Å². The largest absolute Gasteiger partial charge is 0.490 e. The minimum Gasteiger partial charge on any atom is -0.490 e. The molecule has 1 aromatic rings. The van der Waals surface area contributed by atoms with Crippen molar-refractivity contribution in [2.45, 2.75) is 19.8 Å². The summed E-state index contributed by atoms with van der Waals surface area (Å²) in [5, 5.41) is 3.32. The van der Waals surface area contributed by atoms with Crippen molar-refractivity contribution in [2.24, 2.45) is 5.92 Å². The number of rotatable bonds is 6. The fourth-order valence-corrected chi connectivity index (χ4v) is 2.49. The Labute approximate surface area is 120 Å². The summed E-state index contributed by atoms with van der Waals surface area (Å²) in [6, 6.07) is 2.99. The number of halogens is 1. The lowest BCUT2D eigenvalue weighted by Gasteiger charge is -2.16. The lowest BCUT2D eigenvalue weighted by Crippen LogP contribution is -2.19. The normalized spacial score (nSPS) is 19.2. The van der Waals surface area contributed by atoms with Gasteiger partial charge in [0.15, 0.2) is 11.6 Å². The number of nitrogens with two attached hydrogens (primary N) is 1. The summed E-state index contributed by atoms with van der Waals surface area (Å²) in [5.74, 6) is 0.485. The van der Waals surface area contributed by atoms with Gasteiger partial charge in [-0.1, -0.05) is 6.92 Å². The van der Waals surface area contributed by atoms with Crippen LogP contribution in [-0.4, -0.2) is 38.2 Å². The van der Waals surface area contributed by atoms with Gasteiger partial charge in [-0.25, -0.2) is 4.39 Å². The zero-order valence-electron chi connectivity index (χ0n) is 12.3. The van der Waals surface area contributed by atoms with Gasteiger partial charge in [0, 0.05) is 25.2 Å². The van der Waals surface area contributed by atoms with Crippen LogP contribution in [0.3, 0.4) is 0 Å². The van der Waals surface area contributed by atoms with E-state index < -0.39 is 5.82 Å². The molecule has 1 aliphatic rings. The number of likely N-dealkylation sites (tertiary alicyclic amines) is 1. The predicted octanol–water partition coefficient (Wildman–Crippen LogP) is 2.56. The Morgan fingerprint density at radius 1 is 1.50 bits per heavy atom. The minimum atomic E-state index is -0.401. The van der Waals surface area contributed by atoms with Gasteiger partial charge in [-0.05, 0) is 32.4 Å².